The zero-order valence-electron chi connectivity index (χ0n) is 26.9. The summed E-state index contributed by atoms with van der Waals surface area (Å²) >= 11 is 13.6. The zero-order chi connectivity index (χ0) is 33.6. The summed E-state index contributed by atoms with van der Waals surface area (Å²) in [5, 5.41) is 4.52. The first kappa shape index (κ1) is 31.9. The first-order valence-electron chi connectivity index (χ1n) is 15.4. The van der Waals surface area contributed by atoms with Crippen molar-refractivity contribution < 1.29 is 23.7 Å². The topological polar surface area (TPSA) is 99.5 Å². The molecule has 0 bridgehead atoms. The number of nitrogens with one attached hydrogen (secondary N) is 1. The molecule has 2 fully saturated rings. The number of carbonyl (C=O) groups is 1. The molecule has 1 amide bonds. The number of methoxy groups -OCH3 is 3. The number of nitrogens with zero attached hydrogens (tertiary/aromatic N) is 4. The van der Waals surface area contributed by atoms with E-state index in [0.29, 0.717) is 61.0 Å². The summed E-state index contributed by atoms with van der Waals surface area (Å²) in [6.07, 6.45) is 7.42. The highest BCUT2D eigenvalue weighted by molar-refractivity contribution is 6.41. The highest BCUT2D eigenvalue weighted by Gasteiger charge is 2.42. The lowest BCUT2D eigenvalue weighted by molar-refractivity contribution is -0.111. The first-order chi connectivity index (χ1) is 23.3. The number of pyridine rings is 2. The molecule has 48 heavy (non-hydrogen) atoms. The zero-order valence-corrected chi connectivity index (χ0v) is 28.5. The minimum Gasteiger partial charge on any atom is -0.496 e. The number of halogens is 2. The fraction of sp³-hybridized carbons (Fsp3) is 0.306. The van der Waals surface area contributed by atoms with Gasteiger partial charge in [-0.1, -0.05) is 29.1 Å². The molecule has 1 N–H and O–H groups in total. The summed E-state index contributed by atoms with van der Waals surface area (Å²) < 4.78 is 24.7. The van der Waals surface area contributed by atoms with Crippen LogP contribution in [0.2, 0.25) is 10.0 Å². The van der Waals surface area contributed by atoms with Gasteiger partial charge >= 0.3 is 0 Å². The van der Waals surface area contributed by atoms with Crippen molar-refractivity contribution in [1.82, 2.24) is 14.4 Å². The van der Waals surface area contributed by atoms with Gasteiger partial charge in [-0.2, -0.15) is 0 Å². The number of aromatic nitrogens is 3. The Kier molecular flexibility index (Phi) is 8.46. The summed E-state index contributed by atoms with van der Waals surface area (Å²) in [6.45, 7) is 4.84. The maximum absolute atomic E-state index is 12.8. The van der Waals surface area contributed by atoms with E-state index in [9.17, 15) is 4.79 Å². The van der Waals surface area contributed by atoms with Crippen molar-refractivity contribution in [3.8, 4) is 51.5 Å². The molecule has 2 aromatic carbocycles. The van der Waals surface area contributed by atoms with Crippen LogP contribution in [0.3, 0.4) is 0 Å². The average molecular weight is 687 g/mol. The average Bonchev–Trinajstić information content (AvgIpc) is 3.87. The number of anilines is 2. The molecule has 2 aliphatic heterocycles. The van der Waals surface area contributed by atoms with E-state index >= 15 is 0 Å². The van der Waals surface area contributed by atoms with Gasteiger partial charge in [0.25, 0.3) is 5.91 Å². The molecule has 5 aromatic rings. The number of ether oxygens (including phenoxy) is 4. The number of carbonyl (C=O) groups excluding carboxylic acids is 1. The summed E-state index contributed by atoms with van der Waals surface area (Å²) in [7, 11) is 4.71. The molecule has 1 unspecified atom stereocenters. The van der Waals surface area contributed by atoms with E-state index in [2.05, 4.69) is 27.0 Å². The second kappa shape index (κ2) is 12.7. The Morgan fingerprint density at radius 1 is 0.979 bits per heavy atom. The van der Waals surface area contributed by atoms with Gasteiger partial charge in [0, 0.05) is 77.9 Å². The molecule has 0 aliphatic carbocycles. The lowest BCUT2D eigenvalue weighted by atomic mass is 9.87. The molecule has 2 aliphatic rings. The van der Waals surface area contributed by atoms with E-state index in [1.807, 2.05) is 34.9 Å². The van der Waals surface area contributed by atoms with Crippen LogP contribution in [-0.4, -0.2) is 67.9 Å². The molecular weight excluding hydrogens is 653 g/mol. The Balaban J connectivity index is 1.37. The third-order valence-corrected chi connectivity index (χ3v) is 9.99. The Morgan fingerprint density at radius 3 is 2.44 bits per heavy atom. The van der Waals surface area contributed by atoms with Crippen LogP contribution in [0.4, 0.5) is 11.4 Å². The molecule has 7 rings (SSSR count). The van der Waals surface area contributed by atoms with Crippen LogP contribution in [0.1, 0.15) is 19.8 Å². The van der Waals surface area contributed by atoms with Gasteiger partial charge in [-0.15, -0.1) is 0 Å². The van der Waals surface area contributed by atoms with Gasteiger partial charge < -0.3 is 29.2 Å². The molecule has 12 heteroatoms. The number of hydrogen-bond donors (Lipinski definition) is 1. The van der Waals surface area contributed by atoms with E-state index in [4.69, 9.17) is 47.1 Å². The summed E-state index contributed by atoms with van der Waals surface area (Å²) in [6, 6.07) is 9.46. The largest absolute Gasteiger partial charge is 0.496 e. The molecule has 3 aromatic heterocycles. The van der Waals surface area contributed by atoms with Gasteiger partial charge in [-0.3, -0.25) is 14.2 Å². The van der Waals surface area contributed by atoms with Gasteiger partial charge in [0.2, 0.25) is 0 Å². The molecular formula is C36H33Cl2N5O5. The van der Waals surface area contributed by atoms with Gasteiger partial charge in [0.05, 0.1) is 60.6 Å². The van der Waals surface area contributed by atoms with E-state index in [1.165, 1.54) is 14.2 Å². The normalized spacial score (nSPS) is 17.2. The highest BCUT2D eigenvalue weighted by Crippen LogP contribution is 2.48. The Bertz CT molecular complexity index is 2120. The molecule has 2 saturated heterocycles. The Labute approximate surface area is 287 Å². The van der Waals surface area contributed by atoms with E-state index in [1.54, 1.807) is 32.5 Å². The number of fused-ring (bicyclic) bond motifs is 3. The van der Waals surface area contributed by atoms with Crippen LogP contribution in [0, 0.1) is 17.3 Å². The van der Waals surface area contributed by atoms with Crippen LogP contribution >= 0.6 is 23.2 Å². The van der Waals surface area contributed by atoms with Crippen molar-refractivity contribution in [2.75, 3.05) is 57.8 Å². The molecule has 1 atom stereocenters. The van der Waals surface area contributed by atoms with Crippen molar-refractivity contribution in [3.05, 3.63) is 59.0 Å². The lowest BCUT2D eigenvalue weighted by Gasteiger charge is -2.26. The standard InChI is InChI=1S/C36H33Cl2N5O5/c1-5-6-31(44)41-25-14-22(28(45-2)16-27(25)42-10-7-36(19-42)8-12-48-20-36)24-15-26-21(18-40-24)13-23(35-39-9-11-43(26)35)32-33(37)29(46-3)17-30(47-4)34(32)38/h9,11,13-18H,7-8,10,12,19-20H2,1-4H3,(H,41,44). The summed E-state index contributed by atoms with van der Waals surface area (Å²) in [5.74, 6) is 6.38. The Hall–Kier alpha value is -4.69. The number of hydrogen-bond acceptors (Lipinski definition) is 8. The quantitative estimate of drug-likeness (QED) is 0.181. The van der Waals surface area contributed by atoms with E-state index in [0.717, 1.165) is 55.7 Å². The highest BCUT2D eigenvalue weighted by atomic mass is 35.5. The van der Waals surface area contributed by atoms with E-state index in [-0.39, 0.29) is 5.41 Å². The summed E-state index contributed by atoms with van der Waals surface area (Å²) in [5.41, 5.74) is 5.68. The number of benzene rings is 2. The fourth-order valence-electron chi connectivity index (χ4n) is 6.82. The van der Waals surface area contributed by atoms with E-state index < -0.39 is 5.91 Å². The number of amides is 1. The second-order valence-corrected chi connectivity index (χ2v) is 12.7. The maximum Gasteiger partial charge on any atom is 0.300 e. The van der Waals surface area contributed by atoms with Gasteiger partial charge in [0.15, 0.2) is 0 Å². The number of rotatable bonds is 7. The van der Waals surface area contributed by atoms with Crippen molar-refractivity contribution in [3.63, 3.8) is 0 Å². The van der Waals surface area contributed by atoms with Gasteiger partial charge in [-0.05, 0) is 43.9 Å². The maximum atomic E-state index is 12.8. The van der Waals surface area contributed by atoms with Crippen molar-refractivity contribution in [2.45, 2.75) is 19.8 Å². The SMILES string of the molecule is CC#CC(=O)Nc1cc(-c2cc3c(cn2)cc(-c2c(Cl)c(OC)cc(OC)c2Cl)c2nccn23)c(OC)cc1N1CCC2(CCOC2)C1. The third-order valence-electron chi connectivity index (χ3n) is 9.24. The fourth-order valence-corrected chi connectivity index (χ4v) is 7.53. The molecule has 5 heterocycles. The summed E-state index contributed by atoms with van der Waals surface area (Å²) in [4.78, 5) is 24.6. The minimum atomic E-state index is -0.390. The predicted molar refractivity (Wildman–Crippen MR) is 188 cm³/mol. The van der Waals surface area contributed by atoms with Crippen LogP contribution in [0.25, 0.3) is 38.9 Å². The van der Waals surface area contributed by atoms with Crippen LogP contribution in [0.5, 0.6) is 17.2 Å². The van der Waals surface area contributed by atoms with Crippen LogP contribution in [0.15, 0.2) is 48.9 Å². The molecule has 0 radical (unpaired) electrons. The van der Waals surface area contributed by atoms with Gasteiger partial charge in [0.1, 0.15) is 22.9 Å². The monoisotopic (exact) mass is 685 g/mol. The first-order valence-corrected chi connectivity index (χ1v) is 16.2. The van der Waals surface area contributed by atoms with Crippen LogP contribution in [-0.2, 0) is 9.53 Å². The molecule has 10 nitrogen and oxygen atoms in total. The van der Waals surface area contributed by atoms with Crippen molar-refractivity contribution >= 4 is 57.0 Å². The number of imidazole rings is 1. The molecule has 0 saturated carbocycles. The molecule has 246 valence electrons. The minimum absolute atomic E-state index is 0.121. The van der Waals surface area contributed by atoms with Crippen molar-refractivity contribution in [1.29, 1.82) is 0 Å². The second-order valence-electron chi connectivity index (χ2n) is 12.0. The van der Waals surface area contributed by atoms with Crippen molar-refractivity contribution in [2.24, 2.45) is 5.41 Å². The smallest absolute Gasteiger partial charge is 0.300 e. The van der Waals surface area contributed by atoms with Gasteiger partial charge in [-0.25, -0.2) is 4.98 Å². The molecule has 1 spiro atoms. The predicted octanol–water partition coefficient (Wildman–Crippen LogP) is 7.13. The lowest BCUT2D eigenvalue weighted by Crippen LogP contribution is -2.28. The Morgan fingerprint density at radius 2 is 1.75 bits per heavy atom. The van der Waals surface area contributed by atoms with Crippen LogP contribution < -0.4 is 24.4 Å². The third kappa shape index (κ3) is 5.42.